The van der Waals surface area contributed by atoms with E-state index < -0.39 is 0 Å². The quantitative estimate of drug-likeness (QED) is 0.477. The van der Waals surface area contributed by atoms with E-state index in [1.807, 2.05) is 12.1 Å². The third-order valence-electron chi connectivity index (χ3n) is 6.83. The number of hydrogen-bond acceptors (Lipinski definition) is 3. The summed E-state index contributed by atoms with van der Waals surface area (Å²) in [6.07, 6.45) is 5.05. The summed E-state index contributed by atoms with van der Waals surface area (Å²) in [4.78, 5) is 21.7. The van der Waals surface area contributed by atoms with Crippen LogP contribution in [0, 0.1) is 18.3 Å². The van der Waals surface area contributed by atoms with Crippen LogP contribution in [0.2, 0.25) is 0 Å². The molecular weight excluding hydrogens is 456 g/mol. The van der Waals surface area contributed by atoms with Gasteiger partial charge in [0.05, 0.1) is 8.66 Å². The molecule has 0 bridgehead atoms. The van der Waals surface area contributed by atoms with E-state index in [2.05, 4.69) is 72.8 Å². The summed E-state index contributed by atoms with van der Waals surface area (Å²) in [5.74, 6) is 0.790. The van der Waals surface area contributed by atoms with E-state index in [9.17, 15) is 4.79 Å². The minimum absolute atomic E-state index is 0.102. The first-order chi connectivity index (χ1) is 14.2. The lowest BCUT2D eigenvalue weighted by Crippen LogP contribution is -2.50. The maximum Gasteiger partial charge on any atom is 0.275 e. The number of hydrogen-bond donors (Lipinski definition) is 0. The largest absolute Gasteiger partial charge is 0.312 e. The Hall–Kier alpha value is -1.46. The highest BCUT2D eigenvalue weighted by Gasteiger charge is 2.50. The van der Waals surface area contributed by atoms with E-state index in [4.69, 9.17) is 4.99 Å². The van der Waals surface area contributed by atoms with Crippen molar-refractivity contribution >= 4 is 38.9 Å². The average molecular weight is 488 g/mol. The van der Waals surface area contributed by atoms with Crippen LogP contribution in [0.5, 0.6) is 0 Å². The van der Waals surface area contributed by atoms with Crippen molar-refractivity contribution in [3.05, 3.63) is 56.2 Å². The van der Waals surface area contributed by atoms with Crippen molar-refractivity contribution in [1.29, 1.82) is 0 Å². The summed E-state index contributed by atoms with van der Waals surface area (Å²) in [6, 6.07) is 12.7. The first kappa shape index (κ1) is 21.8. The number of thiophene rings is 1. The zero-order valence-corrected chi connectivity index (χ0v) is 20.8. The van der Waals surface area contributed by atoms with Gasteiger partial charge in [0.2, 0.25) is 0 Å². The fourth-order valence-electron chi connectivity index (χ4n) is 4.87. The number of carbonyl (C=O) groups excluding carboxylic acids is 1. The van der Waals surface area contributed by atoms with Crippen LogP contribution in [0.15, 0.2) is 45.2 Å². The summed E-state index contributed by atoms with van der Waals surface area (Å²) < 4.78 is 1.04. The standard InChI is InChI=1S/C25H31BrN2OS/c1-17-5-7-18(8-6-17)13-16-28-23(29)22(20-9-10-21(26)30-20)27-25(28)14-11-19(12-15-25)24(2,3)4/h5-10,19H,11-16H2,1-4H3. The maximum atomic E-state index is 13.5. The molecule has 2 heterocycles. The Balaban J connectivity index is 1.59. The molecule has 2 aromatic rings. The Morgan fingerprint density at radius 3 is 2.37 bits per heavy atom. The fourth-order valence-corrected chi connectivity index (χ4v) is 6.24. The van der Waals surface area contributed by atoms with Crippen molar-refractivity contribution in [3.8, 4) is 0 Å². The van der Waals surface area contributed by atoms with Gasteiger partial charge in [0.25, 0.3) is 5.91 Å². The van der Waals surface area contributed by atoms with Gasteiger partial charge in [-0.3, -0.25) is 4.79 Å². The molecule has 1 aromatic carbocycles. The minimum Gasteiger partial charge on any atom is -0.312 e. The second-order valence-electron chi connectivity index (χ2n) is 9.88. The Kier molecular flexibility index (Phi) is 5.97. The molecule has 0 radical (unpaired) electrons. The molecule has 0 unspecified atom stereocenters. The third kappa shape index (κ3) is 4.29. The maximum absolute atomic E-state index is 13.5. The molecule has 4 rings (SSSR count). The lowest BCUT2D eigenvalue weighted by atomic mass is 9.69. The molecule has 2 aliphatic rings. The van der Waals surface area contributed by atoms with Gasteiger partial charge in [-0.05, 0) is 84.0 Å². The van der Waals surface area contributed by atoms with Crippen LogP contribution in [-0.4, -0.2) is 28.7 Å². The highest BCUT2D eigenvalue weighted by molar-refractivity contribution is 9.11. The summed E-state index contributed by atoms with van der Waals surface area (Å²) in [7, 11) is 0. The lowest BCUT2D eigenvalue weighted by Gasteiger charge is -2.45. The highest BCUT2D eigenvalue weighted by atomic mass is 79.9. The number of aliphatic imine (C=N–C) groups is 1. The molecule has 0 N–H and O–H groups in total. The first-order valence-electron chi connectivity index (χ1n) is 10.9. The molecule has 0 atom stereocenters. The Morgan fingerprint density at radius 1 is 1.13 bits per heavy atom. The van der Waals surface area contributed by atoms with Gasteiger partial charge in [-0.2, -0.15) is 0 Å². The van der Waals surface area contributed by atoms with Crippen LogP contribution < -0.4 is 0 Å². The van der Waals surface area contributed by atoms with E-state index >= 15 is 0 Å². The smallest absolute Gasteiger partial charge is 0.275 e. The van der Waals surface area contributed by atoms with Crippen LogP contribution in [0.25, 0.3) is 0 Å². The lowest BCUT2D eigenvalue weighted by molar-refractivity contribution is -0.129. The van der Waals surface area contributed by atoms with Crippen molar-refractivity contribution in [2.45, 2.75) is 65.5 Å². The number of amides is 1. The van der Waals surface area contributed by atoms with Gasteiger partial charge in [0.15, 0.2) is 0 Å². The number of rotatable bonds is 4. The monoisotopic (exact) mass is 486 g/mol. The molecular formula is C25H31BrN2OS. The molecule has 1 fully saturated rings. The van der Waals surface area contributed by atoms with Crippen molar-refractivity contribution in [2.24, 2.45) is 16.3 Å². The molecule has 30 heavy (non-hydrogen) atoms. The van der Waals surface area contributed by atoms with E-state index in [-0.39, 0.29) is 11.6 Å². The molecule has 1 aromatic heterocycles. The van der Waals surface area contributed by atoms with E-state index in [0.717, 1.165) is 47.3 Å². The summed E-state index contributed by atoms with van der Waals surface area (Å²) in [5.41, 5.74) is 3.14. The summed E-state index contributed by atoms with van der Waals surface area (Å²) in [6.45, 7) is 9.84. The predicted octanol–water partition coefficient (Wildman–Crippen LogP) is 6.63. The SMILES string of the molecule is Cc1ccc(CCN2C(=O)C(c3ccc(Br)s3)=NC23CCC(C(C)(C)C)CC3)cc1. The van der Waals surface area contributed by atoms with Gasteiger partial charge in [0.1, 0.15) is 11.4 Å². The number of benzene rings is 1. The molecule has 160 valence electrons. The average Bonchev–Trinajstić information content (AvgIpc) is 3.23. The third-order valence-corrected chi connectivity index (χ3v) is 8.46. The van der Waals surface area contributed by atoms with Crippen LogP contribution >= 0.6 is 27.3 Å². The molecule has 1 amide bonds. The van der Waals surface area contributed by atoms with Crippen molar-refractivity contribution in [2.75, 3.05) is 6.54 Å². The minimum atomic E-state index is -0.366. The molecule has 1 saturated carbocycles. The van der Waals surface area contributed by atoms with Crippen molar-refractivity contribution < 1.29 is 4.79 Å². The predicted molar refractivity (Wildman–Crippen MR) is 129 cm³/mol. The summed E-state index contributed by atoms with van der Waals surface area (Å²) >= 11 is 5.13. The van der Waals surface area contributed by atoms with Gasteiger partial charge in [-0.25, -0.2) is 4.99 Å². The van der Waals surface area contributed by atoms with Gasteiger partial charge in [-0.1, -0.05) is 50.6 Å². The van der Waals surface area contributed by atoms with Crippen molar-refractivity contribution in [1.82, 2.24) is 4.90 Å². The van der Waals surface area contributed by atoms with Crippen LogP contribution in [0.3, 0.4) is 0 Å². The Bertz CT molecular complexity index is 946. The van der Waals surface area contributed by atoms with Crippen LogP contribution in [0.1, 0.15) is 62.5 Å². The Morgan fingerprint density at radius 2 is 1.80 bits per heavy atom. The Labute approximate surface area is 192 Å². The molecule has 5 heteroatoms. The molecule has 0 saturated heterocycles. The normalized spacial score (nSPS) is 24.6. The highest BCUT2D eigenvalue weighted by Crippen LogP contribution is 2.47. The zero-order valence-electron chi connectivity index (χ0n) is 18.4. The van der Waals surface area contributed by atoms with Crippen LogP contribution in [0.4, 0.5) is 0 Å². The number of aryl methyl sites for hydroxylation is 1. The molecule has 1 spiro atoms. The fraction of sp³-hybridized carbons (Fsp3) is 0.520. The first-order valence-corrected chi connectivity index (χ1v) is 12.5. The molecule has 3 nitrogen and oxygen atoms in total. The second kappa shape index (κ2) is 8.23. The van der Waals surface area contributed by atoms with Gasteiger partial charge < -0.3 is 4.90 Å². The molecule has 1 aliphatic heterocycles. The summed E-state index contributed by atoms with van der Waals surface area (Å²) in [5, 5.41) is 0. The number of nitrogens with zero attached hydrogens (tertiary/aromatic N) is 2. The van der Waals surface area contributed by atoms with Gasteiger partial charge in [-0.15, -0.1) is 11.3 Å². The van der Waals surface area contributed by atoms with E-state index in [1.54, 1.807) is 11.3 Å². The number of carbonyl (C=O) groups is 1. The van der Waals surface area contributed by atoms with Crippen LogP contribution in [-0.2, 0) is 11.2 Å². The topological polar surface area (TPSA) is 32.7 Å². The second-order valence-corrected chi connectivity index (χ2v) is 12.3. The molecule has 1 aliphatic carbocycles. The van der Waals surface area contributed by atoms with Gasteiger partial charge in [0, 0.05) is 6.54 Å². The van der Waals surface area contributed by atoms with Crippen molar-refractivity contribution in [3.63, 3.8) is 0 Å². The zero-order chi connectivity index (χ0) is 21.5. The van der Waals surface area contributed by atoms with E-state index in [1.165, 1.54) is 11.1 Å². The van der Waals surface area contributed by atoms with Gasteiger partial charge >= 0.3 is 0 Å². The van der Waals surface area contributed by atoms with E-state index in [0.29, 0.717) is 17.0 Å². The number of halogens is 1.